The molecule has 2 aliphatic carbocycles. The van der Waals surface area contributed by atoms with Gasteiger partial charge in [-0.25, -0.2) is 0 Å². The molecule has 2 atom stereocenters. The zero-order chi connectivity index (χ0) is 22.5. The van der Waals surface area contributed by atoms with Crippen molar-refractivity contribution in [1.82, 2.24) is 4.90 Å². The Hall–Kier alpha value is 0.592. The van der Waals surface area contributed by atoms with Gasteiger partial charge in [-0.2, -0.15) is 0 Å². The molecule has 0 amide bonds. The Bertz CT molecular complexity index is 656. The molecule has 1 unspecified atom stereocenters. The van der Waals surface area contributed by atoms with E-state index < -0.39 is 7.92 Å². The molecule has 32 heavy (non-hydrogen) atoms. The van der Waals surface area contributed by atoms with Crippen LogP contribution in [0.5, 0.6) is 0 Å². The van der Waals surface area contributed by atoms with Crippen molar-refractivity contribution in [2.75, 3.05) is 14.1 Å². The number of halogens is 2. The van der Waals surface area contributed by atoms with E-state index in [0.29, 0.717) is 12.0 Å². The third-order valence-corrected chi connectivity index (χ3v) is 8.80. The van der Waals surface area contributed by atoms with E-state index in [1.807, 2.05) is 0 Å². The largest absolute Gasteiger partial charge is 0 e. The van der Waals surface area contributed by atoms with Crippen molar-refractivity contribution in [3.05, 3.63) is 72.7 Å². The van der Waals surface area contributed by atoms with Gasteiger partial charge in [0.1, 0.15) is 0 Å². The van der Waals surface area contributed by atoms with Gasteiger partial charge in [0.15, 0.2) is 0 Å². The third-order valence-electron chi connectivity index (χ3n) is 6.14. The van der Waals surface area contributed by atoms with Gasteiger partial charge in [0.2, 0.25) is 0 Å². The Morgan fingerprint density at radius 1 is 0.844 bits per heavy atom. The van der Waals surface area contributed by atoms with Crippen molar-refractivity contribution < 1.29 is 33.0 Å². The molecule has 182 valence electrons. The smallest absolute Gasteiger partial charge is 0 e. The van der Waals surface area contributed by atoms with E-state index in [2.05, 4.69) is 93.0 Å². The van der Waals surface area contributed by atoms with Crippen LogP contribution in [0.4, 0.5) is 0 Å². The summed E-state index contributed by atoms with van der Waals surface area (Å²) in [5, 5.41) is 2.94. The van der Waals surface area contributed by atoms with Crippen LogP contribution in [0.1, 0.15) is 51.9 Å². The zero-order valence-electron chi connectivity index (χ0n) is 19.3. The molecule has 0 spiro atoms. The van der Waals surface area contributed by atoms with Gasteiger partial charge < -0.3 is 4.90 Å². The van der Waals surface area contributed by atoms with Gasteiger partial charge in [-0.05, 0) is 64.7 Å². The first-order valence-electron chi connectivity index (χ1n) is 11.2. The van der Waals surface area contributed by atoms with E-state index in [0.717, 1.165) is 0 Å². The molecule has 2 aliphatic rings. The maximum Gasteiger partial charge on any atom is 0 e. The van der Waals surface area contributed by atoms with Crippen molar-refractivity contribution in [1.29, 1.82) is 0 Å². The van der Waals surface area contributed by atoms with Gasteiger partial charge in [0.25, 0.3) is 0 Å². The maximum absolute atomic E-state index is 4.81. The first-order chi connectivity index (χ1) is 15.1. The summed E-state index contributed by atoms with van der Waals surface area (Å²) in [6.07, 6.45) is 12.5. The van der Waals surface area contributed by atoms with Crippen LogP contribution in [0, 0.1) is 18.0 Å². The van der Waals surface area contributed by atoms with Gasteiger partial charge in [-0.1, -0.05) is 92.8 Å². The predicted molar refractivity (Wildman–Crippen MR) is 137 cm³/mol. The van der Waals surface area contributed by atoms with Crippen LogP contribution in [0.25, 0.3) is 0 Å². The van der Waals surface area contributed by atoms with Crippen LogP contribution >= 0.6 is 27.0 Å². The van der Waals surface area contributed by atoms with Crippen molar-refractivity contribution in [2.45, 2.75) is 57.9 Å². The summed E-state index contributed by atoms with van der Waals surface area (Å²) < 4.78 is 0. The van der Waals surface area contributed by atoms with Crippen LogP contribution in [0.15, 0.2) is 60.7 Å². The Kier molecular flexibility index (Phi) is 17.2. The molecule has 0 aliphatic heterocycles. The molecule has 4 rings (SSSR count). The van der Waals surface area contributed by atoms with Crippen LogP contribution in [0.3, 0.4) is 0 Å². The Balaban J connectivity index is 0.000000485. The predicted octanol–water partition coefficient (Wildman–Crippen LogP) is 7.54. The molecule has 0 heterocycles. The van der Waals surface area contributed by atoms with Crippen LogP contribution in [-0.2, 0) is 33.0 Å². The molecule has 6 heteroatoms. The number of hydrogen-bond acceptors (Lipinski definition) is 1. The second-order valence-electron chi connectivity index (χ2n) is 8.34. The fourth-order valence-corrected chi connectivity index (χ4v) is 7.12. The second-order valence-corrected chi connectivity index (χ2v) is 12.9. The molecule has 2 aromatic rings. The van der Waals surface area contributed by atoms with E-state index >= 15 is 0 Å². The van der Waals surface area contributed by atoms with Gasteiger partial charge in [0.05, 0.1) is 0 Å². The summed E-state index contributed by atoms with van der Waals surface area (Å²) in [6, 6.07) is 22.7. The molecular formula is C26H36Cl2FeNPPd. The van der Waals surface area contributed by atoms with E-state index in [1.165, 1.54) is 55.6 Å². The van der Waals surface area contributed by atoms with Crippen LogP contribution < -0.4 is 10.6 Å². The van der Waals surface area contributed by atoms with Crippen LogP contribution in [0.2, 0.25) is 0 Å². The minimum atomic E-state index is -0.414. The van der Waals surface area contributed by atoms with Crippen molar-refractivity contribution in [2.24, 2.45) is 5.92 Å². The molecule has 0 N–H and O–H groups in total. The number of rotatable bonds is 5. The Labute approximate surface area is 224 Å². The van der Waals surface area contributed by atoms with Crippen LogP contribution in [-0.4, -0.2) is 25.0 Å². The first-order valence-corrected chi connectivity index (χ1v) is 16.5. The summed E-state index contributed by atoms with van der Waals surface area (Å²) in [7, 11) is 13.6. The molecule has 1 nitrogen and oxygen atoms in total. The molecule has 2 aromatic carbocycles. The van der Waals surface area contributed by atoms with Gasteiger partial charge in [0, 0.05) is 28.8 Å². The van der Waals surface area contributed by atoms with Crippen molar-refractivity contribution >= 4 is 37.6 Å². The monoisotopic (exact) mass is 625 g/mol. The third kappa shape index (κ3) is 10.1. The molecular weight excluding hydrogens is 590 g/mol. The van der Waals surface area contributed by atoms with Crippen molar-refractivity contribution in [3.8, 4) is 0 Å². The van der Waals surface area contributed by atoms with E-state index in [4.69, 9.17) is 19.1 Å². The summed E-state index contributed by atoms with van der Waals surface area (Å²) in [5.41, 5.74) is 1.67. The Morgan fingerprint density at radius 2 is 1.25 bits per heavy atom. The number of benzene rings is 2. The topological polar surface area (TPSA) is 3.24 Å². The van der Waals surface area contributed by atoms with E-state index in [1.54, 1.807) is 5.66 Å². The van der Waals surface area contributed by atoms with Gasteiger partial charge in [-0.15, -0.1) is 0 Å². The summed E-state index contributed by atoms with van der Waals surface area (Å²) >= 11 is -0.106. The SMILES string of the molecule is C1CCCC1.C[C@@H](C1CC[CH][C]1P(c1ccccc1)c1ccccc1)N(C)C.[Cl][Pd][Cl].[Fe]. The van der Waals surface area contributed by atoms with Gasteiger partial charge >= 0.3 is 35.0 Å². The van der Waals surface area contributed by atoms with E-state index in [9.17, 15) is 0 Å². The average molecular weight is 627 g/mol. The zero-order valence-corrected chi connectivity index (χ0v) is 24.3. The van der Waals surface area contributed by atoms with E-state index in [-0.39, 0.29) is 33.0 Å². The fraction of sp³-hybridized carbons (Fsp3) is 0.462. The maximum atomic E-state index is 4.81. The standard InChI is InChI=1S/C21H26NP.C5H10.2ClH.Fe.Pd/c1-17(22(2)3)20-15-10-16-21(20)23(18-11-6-4-7-12-18)19-13-8-5-9-14-19;1-2-4-5-3-1;;;;/h4-9,11-14,16-17,20H,10,15H2,1-3H3;1-5H2;2*1H;;/q;;;;;+2/p-2/t17-,20?;;;;;/m0...../s1. The Morgan fingerprint density at radius 3 is 1.62 bits per heavy atom. The summed E-state index contributed by atoms with van der Waals surface area (Å²) in [5.74, 6) is 0.663. The average Bonchev–Trinajstić information content (AvgIpc) is 3.51. The molecule has 0 aromatic heterocycles. The van der Waals surface area contributed by atoms with Gasteiger partial charge in [-0.3, -0.25) is 0 Å². The fourth-order valence-electron chi connectivity index (χ4n) is 4.30. The molecule has 2 radical (unpaired) electrons. The minimum absolute atomic E-state index is 0. The van der Waals surface area contributed by atoms with Crippen molar-refractivity contribution in [3.63, 3.8) is 0 Å². The summed E-state index contributed by atoms with van der Waals surface area (Å²) in [4.78, 5) is 2.37. The summed E-state index contributed by atoms with van der Waals surface area (Å²) in [6.45, 7) is 2.37. The first kappa shape index (κ1) is 30.6. The second kappa shape index (κ2) is 17.9. The molecule has 2 saturated carbocycles. The number of hydrogen-bond donors (Lipinski definition) is 0. The minimum Gasteiger partial charge on any atom is 0 e. The normalized spacial score (nSPS) is 19.0. The number of nitrogens with zero attached hydrogens (tertiary/aromatic N) is 1. The molecule has 2 fully saturated rings. The molecule has 0 bridgehead atoms. The quantitative estimate of drug-likeness (QED) is 0.245. The molecule has 0 saturated heterocycles.